The molecular weight excluding hydrogens is 344 g/mol. The van der Waals surface area contributed by atoms with E-state index in [0.29, 0.717) is 23.0 Å². The Hall–Kier alpha value is -3.02. The zero-order chi connectivity index (χ0) is 19.6. The highest BCUT2D eigenvalue weighted by Gasteiger charge is 2.26. The topological polar surface area (TPSA) is 72.6 Å². The Morgan fingerprint density at radius 1 is 0.926 bits per heavy atom. The standard InChI is InChI=1S/C21H24N2O4/c1-6-14-12(2)22-23-21(13-7-8-17(24)18(9-13)25-3)16-11-20(27-5)19(26-4)10-15(14)16/h7-11,14,24H,6H2,1-5H3/t14-/m0/s1. The Morgan fingerprint density at radius 3 is 2.22 bits per heavy atom. The predicted octanol–water partition coefficient (Wildman–Crippen LogP) is 4.14. The number of methoxy groups -OCH3 is 3. The van der Waals surface area contributed by atoms with Gasteiger partial charge in [-0.1, -0.05) is 6.92 Å². The molecule has 0 aromatic heterocycles. The van der Waals surface area contributed by atoms with E-state index in [9.17, 15) is 5.11 Å². The lowest BCUT2D eigenvalue weighted by atomic mass is 9.85. The van der Waals surface area contributed by atoms with Gasteiger partial charge in [0.05, 0.1) is 21.3 Å². The Balaban J connectivity index is 2.27. The molecule has 1 atom stereocenters. The lowest BCUT2D eigenvalue weighted by molar-refractivity contribution is 0.354. The van der Waals surface area contributed by atoms with E-state index in [0.717, 1.165) is 28.8 Å². The third-order valence-electron chi connectivity index (χ3n) is 4.86. The Morgan fingerprint density at radius 2 is 1.59 bits per heavy atom. The molecule has 0 amide bonds. The monoisotopic (exact) mass is 368 g/mol. The smallest absolute Gasteiger partial charge is 0.161 e. The second-order valence-electron chi connectivity index (χ2n) is 6.33. The molecule has 0 bridgehead atoms. The van der Waals surface area contributed by atoms with E-state index in [2.05, 4.69) is 17.1 Å². The van der Waals surface area contributed by atoms with Gasteiger partial charge in [-0.2, -0.15) is 5.10 Å². The summed E-state index contributed by atoms with van der Waals surface area (Å²) in [5, 5.41) is 18.9. The van der Waals surface area contributed by atoms with Crippen LogP contribution in [0.15, 0.2) is 40.5 Å². The van der Waals surface area contributed by atoms with Crippen LogP contribution in [0.5, 0.6) is 23.0 Å². The first-order valence-corrected chi connectivity index (χ1v) is 8.79. The van der Waals surface area contributed by atoms with Crippen molar-refractivity contribution >= 4 is 11.4 Å². The van der Waals surface area contributed by atoms with Gasteiger partial charge in [-0.15, -0.1) is 5.10 Å². The van der Waals surface area contributed by atoms with Gasteiger partial charge in [0.25, 0.3) is 0 Å². The van der Waals surface area contributed by atoms with Crippen LogP contribution in [-0.2, 0) is 0 Å². The molecule has 0 unspecified atom stereocenters. The van der Waals surface area contributed by atoms with Gasteiger partial charge >= 0.3 is 0 Å². The molecule has 1 heterocycles. The fourth-order valence-electron chi connectivity index (χ4n) is 3.42. The zero-order valence-electron chi connectivity index (χ0n) is 16.2. The first-order valence-electron chi connectivity index (χ1n) is 8.79. The summed E-state index contributed by atoms with van der Waals surface area (Å²) in [4.78, 5) is 0. The fourth-order valence-corrected chi connectivity index (χ4v) is 3.42. The zero-order valence-corrected chi connectivity index (χ0v) is 16.2. The van der Waals surface area contributed by atoms with Gasteiger partial charge in [-0.05, 0) is 49.2 Å². The minimum absolute atomic E-state index is 0.0779. The molecule has 142 valence electrons. The van der Waals surface area contributed by atoms with E-state index in [1.165, 1.54) is 7.11 Å². The second-order valence-corrected chi connectivity index (χ2v) is 6.33. The predicted molar refractivity (Wildman–Crippen MR) is 106 cm³/mol. The van der Waals surface area contributed by atoms with Gasteiger partial charge in [0.2, 0.25) is 0 Å². The van der Waals surface area contributed by atoms with E-state index in [-0.39, 0.29) is 11.7 Å². The normalized spacial score (nSPS) is 16.0. The highest BCUT2D eigenvalue weighted by molar-refractivity contribution is 6.16. The van der Waals surface area contributed by atoms with Crippen molar-refractivity contribution in [2.45, 2.75) is 26.2 Å². The number of benzene rings is 2. The van der Waals surface area contributed by atoms with Crippen LogP contribution in [-0.4, -0.2) is 37.9 Å². The Kier molecular flexibility index (Phi) is 5.35. The Labute approximate surface area is 159 Å². The summed E-state index contributed by atoms with van der Waals surface area (Å²) < 4.78 is 16.3. The maximum absolute atomic E-state index is 9.93. The third-order valence-corrected chi connectivity index (χ3v) is 4.86. The first-order chi connectivity index (χ1) is 13.0. The summed E-state index contributed by atoms with van der Waals surface area (Å²) in [5.41, 5.74) is 4.44. The molecular formula is C21H24N2O4. The van der Waals surface area contributed by atoms with Crippen LogP contribution in [0.3, 0.4) is 0 Å². The SMILES string of the molecule is CC[C@H]1C(C)=NN=C(c2ccc(O)c(OC)c2)c2cc(OC)c(OC)cc21. The minimum Gasteiger partial charge on any atom is -0.504 e. The number of rotatable bonds is 5. The number of aromatic hydroxyl groups is 1. The van der Waals surface area contributed by atoms with Crippen LogP contribution < -0.4 is 14.2 Å². The lowest BCUT2D eigenvalue weighted by Crippen LogP contribution is -2.13. The molecule has 0 saturated carbocycles. The number of hydrogen-bond acceptors (Lipinski definition) is 6. The summed E-state index contributed by atoms with van der Waals surface area (Å²) >= 11 is 0. The lowest BCUT2D eigenvalue weighted by Gasteiger charge is -2.20. The number of nitrogens with zero attached hydrogens (tertiary/aromatic N) is 2. The largest absolute Gasteiger partial charge is 0.504 e. The number of hydrogen-bond donors (Lipinski definition) is 1. The molecule has 3 rings (SSSR count). The molecule has 0 aliphatic carbocycles. The molecule has 1 aliphatic heterocycles. The maximum Gasteiger partial charge on any atom is 0.161 e. The second kappa shape index (κ2) is 7.70. The maximum atomic E-state index is 9.93. The van der Waals surface area contributed by atoms with Crippen LogP contribution in [0.25, 0.3) is 0 Å². The molecule has 0 spiro atoms. The minimum atomic E-state index is 0.0779. The van der Waals surface area contributed by atoms with Gasteiger partial charge in [0, 0.05) is 22.8 Å². The van der Waals surface area contributed by atoms with Gasteiger partial charge in [-0.3, -0.25) is 0 Å². The van der Waals surface area contributed by atoms with Crippen molar-refractivity contribution in [3.63, 3.8) is 0 Å². The average molecular weight is 368 g/mol. The van der Waals surface area contributed by atoms with E-state index in [1.54, 1.807) is 32.4 Å². The van der Waals surface area contributed by atoms with Crippen molar-refractivity contribution < 1.29 is 19.3 Å². The highest BCUT2D eigenvalue weighted by atomic mass is 16.5. The van der Waals surface area contributed by atoms with Gasteiger partial charge < -0.3 is 19.3 Å². The van der Waals surface area contributed by atoms with Crippen LogP contribution in [0.1, 0.15) is 42.9 Å². The van der Waals surface area contributed by atoms with Crippen molar-refractivity contribution in [1.82, 2.24) is 0 Å². The highest BCUT2D eigenvalue weighted by Crippen LogP contribution is 2.38. The molecule has 0 saturated heterocycles. The van der Waals surface area contributed by atoms with Crippen molar-refractivity contribution in [2.24, 2.45) is 10.2 Å². The van der Waals surface area contributed by atoms with E-state index in [1.807, 2.05) is 19.1 Å². The van der Waals surface area contributed by atoms with Crippen molar-refractivity contribution in [3.8, 4) is 23.0 Å². The summed E-state index contributed by atoms with van der Waals surface area (Å²) in [6.07, 6.45) is 0.888. The molecule has 6 nitrogen and oxygen atoms in total. The molecule has 2 aromatic rings. The van der Waals surface area contributed by atoms with Crippen LogP contribution in [0.2, 0.25) is 0 Å². The van der Waals surface area contributed by atoms with Crippen LogP contribution in [0, 0.1) is 0 Å². The summed E-state index contributed by atoms with van der Waals surface area (Å²) in [6.45, 7) is 4.11. The number of phenols is 1. The van der Waals surface area contributed by atoms with Crippen molar-refractivity contribution in [2.75, 3.05) is 21.3 Å². The molecule has 1 N–H and O–H groups in total. The van der Waals surface area contributed by atoms with Gasteiger partial charge in [0.15, 0.2) is 23.0 Å². The van der Waals surface area contributed by atoms with E-state index < -0.39 is 0 Å². The molecule has 0 radical (unpaired) electrons. The molecule has 2 aromatic carbocycles. The molecule has 6 heteroatoms. The third kappa shape index (κ3) is 3.35. The summed E-state index contributed by atoms with van der Waals surface area (Å²) in [5.74, 6) is 1.89. The quantitative estimate of drug-likeness (QED) is 0.861. The average Bonchev–Trinajstić information content (AvgIpc) is 2.82. The van der Waals surface area contributed by atoms with Crippen molar-refractivity contribution in [3.05, 3.63) is 47.0 Å². The fraction of sp³-hybridized carbons (Fsp3) is 0.333. The first kappa shape index (κ1) is 18.8. The van der Waals surface area contributed by atoms with Crippen LogP contribution >= 0.6 is 0 Å². The molecule has 27 heavy (non-hydrogen) atoms. The van der Waals surface area contributed by atoms with E-state index in [4.69, 9.17) is 14.2 Å². The number of fused-ring (bicyclic) bond motifs is 1. The van der Waals surface area contributed by atoms with Gasteiger partial charge in [-0.25, -0.2) is 0 Å². The number of ether oxygens (including phenoxy) is 3. The molecule has 1 aliphatic rings. The number of phenolic OH excluding ortho intramolecular Hbond substituents is 1. The summed E-state index contributed by atoms with van der Waals surface area (Å²) in [7, 11) is 4.76. The van der Waals surface area contributed by atoms with Crippen molar-refractivity contribution in [1.29, 1.82) is 0 Å². The van der Waals surface area contributed by atoms with Gasteiger partial charge in [0.1, 0.15) is 5.71 Å². The molecule has 0 fully saturated rings. The van der Waals surface area contributed by atoms with Crippen LogP contribution in [0.4, 0.5) is 0 Å². The summed E-state index contributed by atoms with van der Waals surface area (Å²) in [6, 6.07) is 9.08. The Bertz CT molecular complexity index is 919. The van der Waals surface area contributed by atoms with E-state index >= 15 is 0 Å².